The number of hydrogen-bond acceptors (Lipinski definition) is 6. The predicted octanol–water partition coefficient (Wildman–Crippen LogP) is 1.04. The molecular weight excluding hydrogens is 264 g/mol. The fraction of sp³-hybridized carbons (Fsp3) is 0.667. The SMILES string of the molecule is CC1CN(C(=O)c2sc(N(C)C)nc2N)C(C)CO1. The summed E-state index contributed by atoms with van der Waals surface area (Å²) in [5.74, 6) is 0.260. The summed E-state index contributed by atoms with van der Waals surface area (Å²) in [5, 5.41) is 0.745. The number of hydrogen-bond donors (Lipinski definition) is 1. The molecule has 1 saturated heterocycles. The number of nitrogens with two attached hydrogens (primary N) is 1. The van der Waals surface area contributed by atoms with E-state index in [9.17, 15) is 4.79 Å². The molecule has 0 spiro atoms. The molecule has 7 heteroatoms. The fourth-order valence-electron chi connectivity index (χ4n) is 1.98. The van der Waals surface area contributed by atoms with Crippen LogP contribution in [0.5, 0.6) is 0 Å². The zero-order chi connectivity index (χ0) is 14.2. The van der Waals surface area contributed by atoms with Gasteiger partial charge in [-0.25, -0.2) is 4.98 Å². The van der Waals surface area contributed by atoms with E-state index in [1.165, 1.54) is 11.3 Å². The molecule has 19 heavy (non-hydrogen) atoms. The van der Waals surface area contributed by atoms with Crippen molar-refractivity contribution >= 4 is 28.2 Å². The van der Waals surface area contributed by atoms with Crippen LogP contribution in [0, 0.1) is 0 Å². The molecule has 0 radical (unpaired) electrons. The van der Waals surface area contributed by atoms with Gasteiger partial charge < -0.3 is 20.3 Å². The van der Waals surface area contributed by atoms with Gasteiger partial charge >= 0.3 is 0 Å². The Labute approximate surface area is 117 Å². The topological polar surface area (TPSA) is 71.7 Å². The molecule has 2 unspecified atom stereocenters. The summed E-state index contributed by atoms with van der Waals surface area (Å²) in [6.07, 6.45) is 0.0580. The lowest BCUT2D eigenvalue weighted by atomic mass is 10.2. The molecular formula is C12H20N4O2S. The molecule has 2 heterocycles. The van der Waals surface area contributed by atoms with E-state index in [1.54, 1.807) is 0 Å². The van der Waals surface area contributed by atoms with Crippen LogP contribution in [0.2, 0.25) is 0 Å². The molecule has 0 aliphatic carbocycles. The smallest absolute Gasteiger partial charge is 0.268 e. The van der Waals surface area contributed by atoms with Gasteiger partial charge in [0.2, 0.25) is 0 Å². The van der Waals surface area contributed by atoms with E-state index in [0.29, 0.717) is 23.8 Å². The van der Waals surface area contributed by atoms with Gasteiger partial charge in [0.1, 0.15) is 10.7 Å². The number of carbonyl (C=O) groups is 1. The standard InChI is InChI=1S/C12H20N4O2S/c1-7-6-18-8(2)5-16(7)11(17)9-10(13)14-12(19-9)15(3)4/h7-8H,5-6,13H2,1-4H3. The monoisotopic (exact) mass is 284 g/mol. The van der Waals surface area contributed by atoms with Gasteiger partial charge in [-0.3, -0.25) is 4.79 Å². The Balaban J connectivity index is 2.23. The Morgan fingerprint density at radius 1 is 1.53 bits per heavy atom. The van der Waals surface area contributed by atoms with Gasteiger partial charge in [0.25, 0.3) is 5.91 Å². The number of nitrogens with zero attached hydrogens (tertiary/aromatic N) is 3. The largest absolute Gasteiger partial charge is 0.382 e. The molecule has 1 aliphatic heterocycles. The van der Waals surface area contributed by atoms with E-state index < -0.39 is 0 Å². The van der Waals surface area contributed by atoms with Crippen LogP contribution >= 0.6 is 11.3 Å². The second-order valence-electron chi connectivity index (χ2n) is 5.06. The number of ether oxygens (including phenoxy) is 1. The molecule has 2 rings (SSSR count). The van der Waals surface area contributed by atoms with Crippen molar-refractivity contribution in [3.63, 3.8) is 0 Å². The Hall–Kier alpha value is -1.34. The highest BCUT2D eigenvalue weighted by molar-refractivity contribution is 7.18. The van der Waals surface area contributed by atoms with Crippen molar-refractivity contribution in [3.8, 4) is 0 Å². The lowest BCUT2D eigenvalue weighted by Gasteiger charge is -2.36. The third kappa shape index (κ3) is 2.82. The van der Waals surface area contributed by atoms with Crippen molar-refractivity contribution in [2.75, 3.05) is 37.9 Å². The van der Waals surface area contributed by atoms with Crippen molar-refractivity contribution in [2.45, 2.75) is 26.0 Å². The number of carbonyl (C=O) groups excluding carboxylic acids is 1. The lowest BCUT2D eigenvalue weighted by Crippen LogP contribution is -2.50. The minimum Gasteiger partial charge on any atom is -0.382 e. The molecule has 0 bridgehead atoms. The maximum absolute atomic E-state index is 12.6. The Morgan fingerprint density at radius 3 is 2.79 bits per heavy atom. The second-order valence-corrected chi connectivity index (χ2v) is 6.03. The maximum Gasteiger partial charge on any atom is 0.268 e. The molecule has 0 saturated carbocycles. The van der Waals surface area contributed by atoms with Crippen molar-refractivity contribution < 1.29 is 9.53 Å². The van der Waals surface area contributed by atoms with E-state index in [2.05, 4.69) is 4.98 Å². The highest BCUT2D eigenvalue weighted by atomic mass is 32.1. The molecule has 106 valence electrons. The van der Waals surface area contributed by atoms with Crippen LogP contribution in [0.25, 0.3) is 0 Å². The summed E-state index contributed by atoms with van der Waals surface area (Å²) in [6, 6.07) is 0.0630. The second kappa shape index (κ2) is 5.34. The first-order chi connectivity index (χ1) is 8.90. The molecule has 1 aromatic heterocycles. The minimum atomic E-state index is -0.0502. The van der Waals surface area contributed by atoms with Gasteiger partial charge in [0, 0.05) is 20.6 Å². The Kier molecular flexibility index (Phi) is 3.96. The van der Waals surface area contributed by atoms with Crippen molar-refractivity contribution in [2.24, 2.45) is 0 Å². The van der Waals surface area contributed by atoms with Crippen molar-refractivity contribution in [1.82, 2.24) is 9.88 Å². The quantitative estimate of drug-likeness (QED) is 0.878. The third-order valence-corrected chi connectivity index (χ3v) is 4.31. The van der Waals surface area contributed by atoms with Gasteiger partial charge in [-0.1, -0.05) is 11.3 Å². The number of morpholine rings is 1. The first-order valence-electron chi connectivity index (χ1n) is 6.26. The molecule has 1 fully saturated rings. The zero-order valence-electron chi connectivity index (χ0n) is 11.7. The molecule has 6 nitrogen and oxygen atoms in total. The van der Waals surface area contributed by atoms with Gasteiger partial charge in [0.05, 0.1) is 18.8 Å². The van der Waals surface area contributed by atoms with Crippen LogP contribution in [-0.4, -0.2) is 55.2 Å². The Bertz CT molecular complexity index is 474. The first-order valence-corrected chi connectivity index (χ1v) is 7.08. The van der Waals surface area contributed by atoms with Gasteiger partial charge in [0.15, 0.2) is 5.13 Å². The summed E-state index contributed by atoms with van der Waals surface area (Å²) in [7, 11) is 3.76. The Morgan fingerprint density at radius 2 is 2.21 bits per heavy atom. The van der Waals surface area contributed by atoms with Crippen LogP contribution in [0.1, 0.15) is 23.5 Å². The highest BCUT2D eigenvalue weighted by Crippen LogP contribution is 2.29. The zero-order valence-corrected chi connectivity index (χ0v) is 12.5. The average molecular weight is 284 g/mol. The highest BCUT2D eigenvalue weighted by Gasteiger charge is 2.31. The molecule has 2 atom stereocenters. The van der Waals surface area contributed by atoms with E-state index in [-0.39, 0.29) is 18.1 Å². The molecule has 2 N–H and O–H groups in total. The van der Waals surface area contributed by atoms with Crippen LogP contribution in [0.3, 0.4) is 0 Å². The number of rotatable bonds is 2. The van der Waals surface area contributed by atoms with E-state index in [4.69, 9.17) is 10.5 Å². The maximum atomic E-state index is 12.6. The lowest BCUT2D eigenvalue weighted by molar-refractivity contribution is -0.0385. The summed E-state index contributed by atoms with van der Waals surface area (Å²) in [6.45, 7) is 5.10. The van der Waals surface area contributed by atoms with Gasteiger partial charge in [-0.2, -0.15) is 0 Å². The number of thiazole rings is 1. The average Bonchev–Trinajstić information content (AvgIpc) is 2.74. The van der Waals surface area contributed by atoms with Crippen molar-refractivity contribution in [3.05, 3.63) is 4.88 Å². The molecule has 1 aliphatic rings. The van der Waals surface area contributed by atoms with Crippen LogP contribution in [0.4, 0.5) is 10.9 Å². The van der Waals surface area contributed by atoms with Crippen LogP contribution < -0.4 is 10.6 Å². The summed E-state index contributed by atoms with van der Waals surface area (Å²) >= 11 is 1.33. The van der Waals surface area contributed by atoms with Crippen molar-refractivity contribution in [1.29, 1.82) is 0 Å². The summed E-state index contributed by atoms with van der Waals surface area (Å²) < 4.78 is 5.53. The third-order valence-electron chi connectivity index (χ3n) is 3.09. The molecule has 0 aromatic carbocycles. The summed E-state index contributed by atoms with van der Waals surface area (Å²) in [4.78, 5) is 21.0. The number of aromatic nitrogens is 1. The normalized spacial score (nSPS) is 23.5. The van der Waals surface area contributed by atoms with Crippen LogP contribution in [0.15, 0.2) is 0 Å². The first kappa shape index (κ1) is 14.1. The summed E-state index contributed by atoms with van der Waals surface area (Å²) in [5.41, 5.74) is 5.86. The molecule has 1 aromatic rings. The van der Waals surface area contributed by atoms with E-state index in [1.807, 2.05) is 37.7 Å². The number of amides is 1. The van der Waals surface area contributed by atoms with Gasteiger partial charge in [-0.05, 0) is 13.8 Å². The minimum absolute atomic E-state index is 0.0502. The fourth-order valence-corrected chi connectivity index (χ4v) is 2.85. The predicted molar refractivity (Wildman–Crippen MR) is 76.8 cm³/mol. The number of nitrogen functional groups attached to an aromatic ring is 1. The van der Waals surface area contributed by atoms with E-state index in [0.717, 1.165) is 5.13 Å². The van der Waals surface area contributed by atoms with Crippen LogP contribution in [-0.2, 0) is 4.74 Å². The molecule has 1 amide bonds. The van der Waals surface area contributed by atoms with Gasteiger partial charge in [-0.15, -0.1) is 0 Å². The van der Waals surface area contributed by atoms with E-state index >= 15 is 0 Å². The number of anilines is 2.